The molecule has 0 aliphatic rings. The van der Waals surface area contributed by atoms with Crippen LogP contribution < -0.4 is 0 Å². The van der Waals surface area contributed by atoms with Crippen LogP contribution in [0, 0.1) is 0 Å². The van der Waals surface area contributed by atoms with Crippen molar-refractivity contribution in [1.29, 1.82) is 0 Å². The molecule has 0 spiro atoms. The van der Waals surface area contributed by atoms with E-state index in [1.807, 2.05) is 0 Å². The average molecular weight is 455 g/mol. The van der Waals surface area contributed by atoms with Gasteiger partial charge in [-0.2, -0.15) is 0 Å². The molecule has 0 aliphatic heterocycles. The van der Waals surface area contributed by atoms with E-state index in [-0.39, 0.29) is 0 Å². The maximum atomic E-state index is 9.90. The van der Waals surface area contributed by atoms with Crippen LogP contribution in [-0.2, 0) is 0 Å². The SMILES string of the molecule is [Cl][Sn]([Cl])([Cl])[Cl].[F][Sn]([F])([F])[F]. The summed E-state index contributed by atoms with van der Waals surface area (Å²) in [5, 5.41) is 0. The molecule has 0 aromatic carbocycles. The number of rotatable bonds is 0. The predicted octanol–water partition coefficient (Wildman–Crippen LogP) is 3.68. The quantitative estimate of drug-likeness (QED) is 0.387. The predicted molar refractivity (Wildman–Crippen MR) is 39.4 cm³/mol. The van der Waals surface area contributed by atoms with Crippen LogP contribution in [0.5, 0.6) is 0 Å². The molecule has 0 saturated heterocycles. The Labute approximate surface area is 80.5 Å². The van der Waals surface area contributed by atoms with Crippen LogP contribution in [0.25, 0.3) is 0 Å². The molecule has 10 heavy (non-hydrogen) atoms. The molecule has 0 aromatic rings. The first kappa shape index (κ1) is 15.0. The molecule has 0 radical (unpaired) electrons. The molecule has 0 heterocycles. The van der Waals surface area contributed by atoms with E-state index in [4.69, 9.17) is 35.7 Å². The van der Waals surface area contributed by atoms with Crippen molar-refractivity contribution >= 4 is 70.2 Å². The molecule has 0 nitrogen and oxygen atoms in total. The Kier molecular flexibility index (Phi) is 9.00. The summed E-state index contributed by atoms with van der Waals surface area (Å²) < 4.78 is 39.6. The van der Waals surface area contributed by atoms with Gasteiger partial charge in [-0.25, -0.2) is 0 Å². The van der Waals surface area contributed by atoms with Crippen LogP contribution in [0.1, 0.15) is 0 Å². The molecule has 10 heteroatoms. The van der Waals surface area contributed by atoms with Crippen LogP contribution in [0.15, 0.2) is 0 Å². The third-order valence-corrected chi connectivity index (χ3v) is 0. The molecule has 0 aromatic heterocycles. The molecule has 0 rings (SSSR count). The maximum absolute atomic E-state index is 9.90. The first-order valence-corrected chi connectivity index (χ1v) is 20.3. The van der Waals surface area contributed by atoms with Crippen molar-refractivity contribution in [3.63, 3.8) is 0 Å². The zero-order chi connectivity index (χ0) is 9.00. The van der Waals surface area contributed by atoms with Crippen molar-refractivity contribution in [2.24, 2.45) is 0 Å². The Bertz CT molecular complexity index is 58.2. The van der Waals surface area contributed by atoms with Crippen LogP contribution in [0.2, 0.25) is 0 Å². The third kappa shape index (κ3) is 153. The molecule has 0 saturated carbocycles. The summed E-state index contributed by atoms with van der Waals surface area (Å²) in [5.41, 5.74) is 0. The normalized spacial score (nSPS) is 12.0. The number of hydrogen-bond donors (Lipinski definition) is 0. The first-order valence-electron chi connectivity index (χ1n) is 1.51. The summed E-state index contributed by atoms with van der Waals surface area (Å²) in [6.45, 7) is 0. The van der Waals surface area contributed by atoms with Crippen LogP contribution >= 0.6 is 35.7 Å². The Balaban J connectivity index is 0. The zero-order valence-electron chi connectivity index (χ0n) is 4.02. The average Bonchev–Trinajstić information content (AvgIpc) is 1.12. The Morgan fingerprint density at radius 3 is 0.700 bits per heavy atom. The molecule has 0 unspecified atom stereocenters. The topological polar surface area (TPSA) is 0 Å². The fourth-order valence-electron chi connectivity index (χ4n) is 0. The van der Waals surface area contributed by atoms with Gasteiger partial charge < -0.3 is 0 Å². The van der Waals surface area contributed by atoms with Gasteiger partial charge in [-0.3, -0.25) is 0 Å². The van der Waals surface area contributed by atoms with E-state index >= 15 is 0 Å². The standard InChI is InChI=1S/4ClH.4FH.2Sn/h8*1H;;/q;;;;;;;;2*+4/p-8. The molecule has 0 atom stereocenters. The number of halogens is 8. The second kappa shape index (κ2) is 6.01. The summed E-state index contributed by atoms with van der Waals surface area (Å²) in [6, 6.07) is 0. The first-order chi connectivity index (χ1) is 4.00. The van der Waals surface area contributed by atoms with Gasteiger partial charge in [-0.1, -0.05) is 0 Å². The van der Waals surface area contributed by atoms with Gasteiger partial charge in [0.25, 0.3) is 0 Å². The third-order valence-electron chi connectivity index (χ3n) is 0. The van der Waals surface area contributed by atoms with E-state index in [1.165, 1.54) is 0 Å². The van der Waals surface area contributed by atoms with Crippen molar-refractivity contribution in [1.82, 2.24) is 0 Å². The van der Waals surface area contributed by atoms with Crippen molar-refractivity contribution in [3.05, 3.63) is 0 Å². The van der Waals surface area contributed by atoms with Crippen LogP contribution in [0.4, 0.5) is 11.5 Å². The molecule has 0 bridgehead atoms. The Morgan fingerprint density at radius 1 is 0.700 bits per heavy atom. The molecular weight excluding hydrogens is 455 g/mol. The Morgan fingerprint density at radius 2 is 0.700 bits per heavy atom. The summed E-state index contributed by atoms with van der Waals surface area (Å²) in [5.74, 6) is 0. The minimum absolute atomic E-state index is 3.29. The van der Waals surface area contributed by atoms with Crippen molar-refractivity contribution in [2.75, 3.05) is 0 Å². The van der Waals surface area contributed by atoms with Gasteiger partial charge in [0.2, 0.25) is 0 Å². The van der Waals surface area contributed by atoms with Crippen LogP contribution in [0.3, 0.4) is 0 Å². The second-order valence-electron chi connectivity index (χ2n) is 0.857. The minimum atomic E-state index is -7.18. The van der Waals surface area contributed by atoms with Gasteiger partial charge in [0, 0.05) is 0 Å². The zero-order valence-corrected chi connectivity index (χ0v) is 12.8. The van der Waals surface area contributed by atoms with Gasteiger partial charge in [-0.05, 0) is 0 Å². The van der Waals surface area contributed by atoms with E-state index in [9.17, 15) is 11.5 Å². The van der Waals surface area contributed by atoms with Crippen molar-refractivity contribution in [2.45, 2.75) is 0 Å². The van der Waals surface area contributed by atoms with Crippen molar-refractivity contribution in [3.8, 4) is 0 Å². The van der Waals surface area contributed by atoms with Gasteiger partial charge in [0.1, 0.15) is 0 Å². The monoisotopic (exact) mass is 456 g/mol. The summed E-state index contributed by atoms with van der Waals surface area (Å²) in [6.07, 6.45) is 0. The molecule has 64 valence electrons. The van der Waals surface area contributed by atoms with Gasteiger partial charge in [0.15, 0.2) is 0 Å². The van der Waals surface area contributed by atoms with E-state index in [2.05, 4.69) is 0 Å². The Hall–Kier alpha value is 2.48. The van der Waals surface area contributed by atoms with Crippen LogP contribution in [-0.4, -0.2) is 34.5 Å². The van der Waals surface area contributed by atoms with Gasteiger partial charge in [0.05, 0.1) is 0 Å². The summed E-state index contributed by atoms with van der Waals surface area (Å²) >= 11 is -10.5. The van der Waals surface area contributed by atoms with E-state index < -0.39 is 34.5 Å². The van der Waals surface area contributed by atoms with E-state index in [0.717, 1.165) is 0 Å². The second-order valence-corrected chi connectivity index (χ2v) is 28.7. The number of hydrogen-bond acceptors (Lipinski definition) is 0. The molecular formula is Cl4F4Sn2. The fourth-order valence-corrected chi connectivity index (χ4v) is 0. The van der Waals surface area contributed by atoms with E-state index in [0.29, 0.717) is 0 Å². The summed E-state index contributed by atoms with van der Waals surface area (Å²) in [7, 11) is 20.1. The van der Waals surface area contributed by atoms with Crippen molar-refractivity contribution < 1.29 is 11.5 Å². The van der Waals surface area contributed by atoms with Gasteiger partial charge >= 0.3 is 81.7 Å². The fraction of sp³-hybridized carbons (Fsp3) is 0. The molecule has 0 fully saturated rings. The molecule has 0 N–H and O–H groups in total. The molecule has 0 aliphatic carbocycles. The summed E-state index contributed by atoms with van der Waals surface area (Å²) in [4.78, 5) is 0. The molecule has 0 amide bonds. The van der Waals surface area contributed by atoms with Gasteiger partial charge in [-0.15, -0.1) is 0 Å². The van der Waals surface area contributed by atoms with E-state index in [1.54, 1.807) is 0 Å².